The molecular weight excluding hydrogens is 368 g/mol. The van der Waals surface area contributed by atoms with Crippen LogP contribution in [0.25, 0.3) is 5.69 Å². The maximum Gasteiger partial charge on any atom is 0.271 e. The highest BCUT2D eigenvalue weighted by molar-refractivity contribution is 5.94. The second-order valence-electron chi connectivity index (χ2n) is 5.91. The first-order valence-corrected chi connectivity index (χ1v) is 8.55. The molecule has 8 heteroatoms. The van der Waals surface area contributed by atoms with E-state index in [9.17, 15) is 18.4 Å². The number of benzene rings is 2. The maximum atomic E-state index is 13.3. The molecule has 3 rings (SSSR count). The lowest BCUT2D eigenvalue weighted by Gasteiger charge is -2.17. The zero-order valence-corrected chi connectivity index (χ0v) is 14.9. The van der Waals surface area contributed by atoms with Crippen LogP contribution in [0.4, 0.5) is 14.5 Å². The summed E-state index contributed by atoms with van der Waals surface area (Å²) in [6.07, 6.45) is -0.590. The molecule has 0 spiro atoms. The number of carbonyl (C=O) groups is 1. The van der Waals surface area contributed by atoms with Gasteiger partial charge >= 0.3 is 0 Å². The number of halogens is 2. The third kappa shape index (κ3) is 4.59. The second-order valence-corrected chi connectivity index (χ2v) is 5.91. The van der Waals surface area contributed by atoms with Crippen molar-refractivity contribution in [1.29, 1.82) is 0 Å². The zero-order chi connectivity index (χ0) is 20.1. The molecular formula is C20H17F2N3O3. The molecule has 1 aromatic heterocycles. The fourth-order valence-corrected chi connectivity index (χ4v) is 2.48. The van der Waals surface area contributed by atoms with Crippen LogP contribution in [0.2, 0.25) is 0 Å². The number of hydrogen-bond donors (Lipinski definition) is 1. The average Bonchev–Trinajstić information content (AvgIpc) is 2.68. The van der Waals surface area contributed by atoms with Crippen molar-refractivity contribution in [3.05, 3.63) is 82.7 Å². The van der Waals surface area contributed by atoms with E-state index in [1.165, 1.54) is 54.6 Å². The summed E-state index contributed by atoms with van der Waals surface area (Å²) in [4.78, 5) is 24.5. The van der Waals surface area contributed by atoms with Gasteiger partial charge in [-0.05, 0) is 48.9 Å². The highest BCUT2D eigenvalue weighted by Gasteiger charge is 2.20. The van der Waals surface area contributed by atoms with Crippen LogP contribution >= 0.6 is 0 Å². The van der Waals surface area contributed by atoms with Crippen LogP contribution in [0.1, 0.15) is 13.3 Å². The Balaban J connectivity index is 1.79. The lowest BCUT2D eigenvalue weighted by Crippen LogP contribution is -2.33. The number of aromatic nitrogens is 2. The van der Waals surface area contributed by atoms with E-state index >= 15 is 0 Å². The molecule has 0 aliphatic carbocycles. The number of carbonyl (C=O) groups excluding carboxylic acids is 1. The molecule has 1 atom stereocenters. The Morgan fingerprint density at radius 3 is 2.54 bits per heavy atom. The van der Waals surface area contributed by atoms with E-state index < -0.39 is 29.2 Å². The molecule has 6 nitrogen and oxygen atoms in total. The summed E-state index contributed by atoms with van der Waals surface area (Å²) in [5.74, 6) is -1.34. The van der Waals surface area contributed by atoms with Gasteiger partial charge in [-0.15, -0.1) is 5.10 Å². The highest BCUT2D eigenvalue weighted by atomic mass is 19.1. The molecule has 0 saturated carbocycles. The number of rotatable bonds is 6. The molecule has 0 bridgehead atoms. The summed E-state index contributed by atoms with van der Waals surface area (Å²) in [5, 5.41) is 6.66. The second kappa shape index (κ2) is 8.43. The van der Waals surface area contributed by atoms with E-state index in [-0.39, 0.29) is 5.88 Å². The minimum Gasteiger partial charge on any atom is -0.463 e. The summed E-state index contributed by atoms with van der Waals surface area (Å²) in [6.45, 7) is 1.74. The van der Waals surface area contributed by atoms with E-state index in [4.69, 9.17) is 4.74 Å². The first kappa shape index (κ1) is 19.2. The molecule has 3 aromatic rings. The minimum absolute atomic E-state index is 0.0465. The van der Waals surface area contributed by atoms with Crippen molar-refractivity contribution >= 4 is 11.6 Å². The Labute approximate surface area is 159 Å². The fourth-order valence-electron chi connectivity index (χ4n) is 2.48. The fraction of sp³-hybridized carbons (Fsp3) is 0.150. The van der Waals surface area contributed by atoms with E-state index in [0.717, 1.165) is 4.68 Å². The van der Waals surface area contributed by atoms with Gasteiger partial charge in [-0.2, -0.15) is 4.68 Å². The standard InChI is InChI=1S/C20H17F2N3O3/c1-2-17(20(27)23-15-5-3-4-14(22)12-15)28-18-10-11-19(26)25(24-18)16-8-6-13(21)7-9-16/h3-12,17H,2H2,1H3,(H,23,27). The summed E-state index contributed by atoms with van der Waals surface area (Å²) >= 11 is 0. The van der Waals surface area contributed by atoms with Crippen LogP contribution in [-0.2, 0) is 4.79 Å². The van der Waals surface area contributed by atoms with Gasteiger partial charge in [0.05, 0.1) is 5.69 Å². The molecule has 1 unspecified atom stereocenters. The normalized spacial score (nSPS) is 11.7. The Morgan fingerprint density at radius 2 is 1.86 bits per heavy atom. The predicted molar refractivity (Wildman–Crippen MR) is 99.5 cm³/mol. The number of ether oxygens (including phenoxy) is 1. The van der Waals surface area contributed by atoms with Gasteiger partial charge < -0.3 is 10.1 Å². The molecule has 0 aliphatic heterocycles. The van der Waals surface area contributed by atoms with Crippen molar-refractivity contribution in [2.24, 2.45) is 0 Å². The molecule has 28 heavy (non-hydrogen) atoms. The molecule has 144 valence electrons. The van der Waals surface area contributed by atoms with Gasteiger partial charge in [0.15, 0.2) is 6.10 Å². The van der Waals surface area contributed by atoms with Crippen molar-refractivity contribution in [3.63, 3.8) is 0 Å². The Bertz CT molecular complexity index is 1040. The topological polar surface area (TPSA) is 73.2 Å². The highest BCUT2D eigenvalue weighted by Crippen LogP contribution is 2.14. The first-order valence-electron chi connectivity index (χ1n) is 8.55. The smallest absolute Gasteiger partial charge is 0.271 e. The molecule has 0 saturated heterocycles. The van der Waals surface area contributed by atoms with E-state index in [0.29, 0.717) is 17.8 Å². The number of nitrogens with one attached hydrogen (secondary N) is 1. The molecule has 0 aliphatic rings. The van der Waals surface area contributed by atoms with Crippen molar-refractivity contribution < 1.29 is 18.3 Å². The van der Waals surface area contributed by atoms with Crippen LogP contribution in [0, 0.1) is 11.6 Å². The zero-order valence-electron chi connectivity index (χ0n) is 14.9. The Hall–Kier alpha value is -3.55. The summed E-state index contributed by atoms with van der Waals surface area (Å²) in [6, 6.07) is 13.3. The van der Waals surface area contributed by atoms with E-state index in [1.807, 2.05) is 0 Å². The number of anilines is 1. The molecule has 0 radical (unpaired) electrons. The third-order valence-corrected chi connectivity index (χ3v) is 3.87. The maximum absolute atomic E-state index is 13.3. The van der Waals surface area contributed by atoms with Crippen LogP contribution < -0.4 is 15.6 Å². The SMILES string of the molecule is CCC(Oc1ccc(=O)n(-c2ccc(F)cc2)n1)C(=O)Nc1cccc(F)c1. The summed E-state index contributed by atoms with van der Waals surface area (Å²) in [7, 11) is 0. The summed E-state index contributed by atoms with van der Waals surface area (Å²) < 4.78 is 33.0. The van der Waals surface area contributed by atoms with Crippen molar-refractivity contribution in [1.82, 2.24) is 9.78 Å². The van der Waals surface area contributed by atoms with Gasteiger partial charge in [0, 0.05) is 17.8 Å². The van der Waals surface area contributed by atoms with Gasteiger partial charge in [-0.3, -0.25) is 9.59 Å². The van der Waals surface area contributed by atoms with Crippen molar-refractivity contribution in [3.8, 4) is 11.6 Å². The van der Waals surface area contributed by atoms with Gasteiger partial charge in [0.25, 0.3) is 11.5 Å². The lowest BCUT2D eigenvalue weighted by molar-refractivity contribution is -0.123. The average molecular weight is 385 g/mol. The minimum atomic E-state index is -0.907. The van der Waals surface area contributed by atoms with Crippen LogP contribution in [0.15, 0.2) is 65.5 Å². The number of nitrogens with zero attached hydrogens (tertiary/aromatic N) is 2. The van der Waals surface area contributed by atoms with Gasteiger partial charge in [0.1, 0.15) is 11.6 Å². The Kier molecular flexibility index (Phi) is 5.78. The lowest BCUT2D eigenvalue weighted by atomic mass is 10.2. The van der Waals surface area contributed by atoms with Gasteiger partial charge in [-0.25, -0.2) is 8.78 Å². The van der Waals surface area contributed by atoms with Crippen LogP contribution in [0.5, 0.6) is 5.88 Å². The third-order valence-electron chi connectivity index (χ3n) is 3.87. The van der Waals surface area contributed by atoms with E-state index in [1.54, 1.807) is 13.0 Å². The number of amides is 1. The molecule has 0 fully saturated rings. The first-order chi connectivity index (χ1) is 13.5. The molecule has 1 N–H and O–H groups in total. The quantitative estimate of drug-likeness (QED) is 0.707. The van der Waals surface area contributed by atoms with Crippen LogP contribution in [-0.4, -0.2) is 21.8 Å². The Morgan fingerprint density at radius 1 is 1.11 bits per heavy atom. The van der Waals surface area contributed by atoms with E-state index in [2.05, 4.69) is 10.4 Å². The van der Waals surface area contributed by atoms with Crippen LogP contribution in [0.3, 0.4) is 0 Å². The van der Waals surface area contributed by atoms with Crippen molar-refractivity contribution in [2.75, 3.05) is 5.32 Å². The summed E-state index contributed by atoms with van der Waals surface area (Å²) in [5.41, 5.74) is 0.224. The number of hydrogen-bond acceptors (Lipinski definition) is 4. The largest absolute Gasteiger partial charge is 0.463 e. The predicted octanol–water partition coefficient (Wildman–Crippen LogP) is 3.31. The van der Waals surface area contributed by atoms with Crippen molar-refractivity contribution in [2.45, 2.75) is 19.4 Å². The van der Waals surface area contributed by atoms with Gasteiger partial charge in [-0.1, -0.05) is 13.0 Å². The monoisotopic (exact) mass is 385 g/mol. The van der Waals surface area contributed by atoms with Gasteiger partial charge in [0.2, 0.25) is 5.88 Å². The molecule has 1 amide bonds. The molecule has 2 aromatic carbocycles. The molecule has 1 heterocycles.